The van der Waals surface area contributed by atoms with E-state index in [1.54, 1.807) is 12.1 Å². The number of benzene rings is 4. The number of carbonyl (C=O) groups is 3. The number of hydrogen-bond donors (Lipinski definition) is 2. The maximum absolute atomic E-state index is 13.2. The number of H-pyrrole nitrogens is 1. The molecule has 2 heterocycles. The molecule has 0 saturated carbocycles. The summed E-state index contributed by atoms with van der Waals surface area (Å²) in [6, 6.07) is 28.3. The van der Waals surface area contributed by atoms with Crippen molar-refractivity contribution in [2.75, 3.05) is 10.2 Å². The molecule has 2 N–H and O–H groups in total. The Kier molecular flexibility index (Phi) is 5.54. The number of nitrogens with zero attached hydrogens (tertiary/aromatic N) is 1. The Balaban J connectivity index is 1.17. The van der Waals surface area contributed by atoms with E-state index in [9.17, 15) is 14.4 Å². The summed E-state index contributed by atoms with van der Waals surface area (Å²) in [5.41, 5.74) is 2.64. The van der Waals surface area contributed by atoms with Crippen LogP contribution in [0.4, 0.5) is 11.4 Å². The van der Waals surface area contributed by atoms with E-state index in [1.165, 1.54) is 16.7 Å². The number of thioether (sulfide) groups is 1. The Bertz CT molecular complexity index is 1660. The second kappa shape index (κ2) is 9.02. The van der Waals surface area contributed by atoms with E-state index < -0.39 is 5.25 Å². The number of rotatable bonds is 5. The van der Waals surface area contributed by atoms with Crippen molar-refractivity contribution >= 4 is 62.5 Å². The van der Waals surface area contributed by atoms with Crippen molar-refractivity contribution in [1.29, 1.82) is 0 Å². The van der Waals surface area contributed by atoms with Gasteiger partial charge in [-0.3, -0.25) is 14.4 Å². The molecule has 0 spiro atoms. The molecule has 1 aromatic heterocycles. The molecule has 0 aliphatic carbocycles. The molecule has 1 saturated heterocycles. The van der Waals surface area contributed by atoms with Crippen LogP contribution < -0.4 is 10.2 Å². The van der Waals surface area contributed by atoms with Gasteiger partial charge in [-0.05, 0) is 64.7 Å². The monoisotopic (exact) mass is 491 g/mol. The zero-order valence-corrected chi connectivity index (χ0v) is 19.9. The summed E-state index contributed by atoms with van der Waals surface area (Å²) in [5.74, 6) is -0.661. The summed E-state index contributed by atoms with van der Waals surface area (Å²) in [5, 5.41) is 5.51. The molecule has 176 valence electrons. The van der Waals surface area contributed by atoms with Crippen LogP contribution in [0.15, 0.2) is 102 Å². The van der Waals surface area contributed by atoms with Crippen LogP contribution in [0, 0.1) is 0 Å². The highest BCUT2D eigenvalue weighted by Crippen LogP contribution is 2.35. The highest BCUT2D eigenvalue weighted by Gasteiger charge is 2.40. The molecule has 4 aromatic carbocycles. The summed E-state index contributed by atoms with van der Waals surface area (Å²) >= 11 is 1.33. The van der Waals surface area contributed by atoms with Gasteiger partial charge in [-0.1, -0.05) is 42.5 Å². The zero-order chi connectivity index (χ0) is 24.6. The number of hydrogen-bond acceptors (Lipinski definition) is 4. The molecular weight excluding hydrogens is 470 g/mol. The van der Waals surface area contributed by atoms with Crippen LogP contribution in [-0.4, -0.2) is 28.0 Å². The number of anilines is 2. The van der Waals surface area contributed by atoms with Crippen molar-refractivity contribution in [3.63, 3.8) is 0 Å². The van der Waals surface area contributed by atoms with E-state index in [0.29, 0.717) is 16.9 Å². The van der Waals surface area contributed by atoms with E-state index in [2.05, 4.69) is 10.3 Å². The molecule has 5 aromatic rings. The molecule has 6 rings (SSSR count). The first-order valence-corrected chi connectivity index (χ1v) is 12.4. The lowest BCUT2D eigenvalue weighted by Gasteiger charge is -2.15. The summed E-state index contributed by atoms with van der Waals surface area (Å²) in [6.07, 6.45) is 1.95. The SMILES string of the molecule is O=C(Nc1cccc(SC2CC(=O)N(c3ccc4cc[nH]c4c3)C2=O)c1)c1ccc2ccccc2c1. The van der Waals surface area contributed by atoms with Crippen LogP contribution in [0.2, 0.25) is 0 Å². The van der Waals surface area contributed by atoms with Gasteiger partial charge >= 0.3 is 0 Å². The molecule has 1 unspecified atom stereocenters. The van der Waals surface area contributed by atoms with Gasteiger partial charge in [-0.15, -0.1) is 11.8 Å². The molecule has 6 nitrogen and oxygen atoms in total. The lowest BCUT2D eigenvalue weighted by atomic mass is 10.1. The number of amides is 3. The standard InChI is InChI=1S/C29H21N3O3S/c33-27-17-26(29(35)32(27)23-11-10-19-12-13-30-25(19)16-23)36-24-7-3-6-22(15-24)31-28(34)21-9-8-18-4-1-2-5-20(18)14-21/h1-16,26,30H,17H2,(H,31,34). The molecule has 7 heteroatoms. The van der Waals surface area contributed by atoms with Gasteiger partial charge in [0.2, 0.25) is 11.8 Å². The van der Waals surface area contributed by atoms with Crippen LogP contribution in [-0.2, 0) is 9.59 Å². The fourth-order valence-electron chi connectivity index (χ4n) is 4.49. The highest BCUT2D eigenvalue weighted by atomic mass is 32.2. The predicted molar refractivity (Wildman–Crippen MR) is 143 cm³/mol. The Labute approximate surface area is 211 Å². The Hall–Kier alpha value is -4.36. The van der Waals surface area contributed by atoms with Crippen LogP contribution in [0.1, 0.15) is 16.8 Å². The zero-order valence-electron chi connectivity index (χ0n) is 19.1. The van der Waals surface area contributed by atoms with E-state index in [4.69, 9.17) is 0 Å². The highest BCUT2D eigenvalue weighted by molar-refractivity contribution is 8.00. The largest absolute Gasteiger partial charge is 0.361 e. The molecule has 0 bridgehead atoms. The summed E-state index contributed by atoms with van der Waals surface area (Å²) in [4.78, 5) is 43.9. The van der Waals surface area contributed by atoms with E-state index in [-0.39, 0.29) is 24.1 Å². The minimum absolute atomic E-state index is 0.125. The number of carbonyl (C=O) groups excluding carboxylic acids is 3. The van der Waals surface area contributed by atoms with Gasteiger partial charge in [0.1, 0.15) is 0 Å². The molecule has 1 aliphatic rings. The molecule has 0 radical (unpaired) electrons. The first kappa shape index (κ1) is 22.1. The van der Waals surface area contributed by atoms with Gasteiger partial charge in [-0.2, -0.15) is 0 Å². The number of imide groups is 1. The summed E-state index contributed by atoms with van der Waals surface area (Å²) < 4.78 is 0. The average Bonchev–Trinajstić information content (AvgIpc) is 3.47. The van der Waals surface area contributed by atoms with Gasteiger partial charge in [0.25, 0.3) is 5.91 Å². The topological polar surface area (TPSA) is 82.3 Å². The number of aromatic amines is 1. The van der Waals surface area contributed by atoms with Crippen molar-refractivity contribution < 1.29 is 14.4 Å². The lowest BCUT2D eigenvalue weighted by molar-refractivity contribution is -0.121. The van der Waals surface area contributed by atoms with E-state index in [1.807, 2.05) is 85.1 Å². The van der Waals surface area contributed by atoms with Gasteiger partial charge in [0.05, 0.1) is 10.9 Å². The quantitative estimate of drug-likeness (QED) is 0.296. The molecule has 1 fully saturated rings. The minimum atomic E-state index is -0.525. The third-order valence-corrected chi connectivity index (χ3v) is 7.46. The van der Waals surface area contributed by atoms with E-state index >= 15 is 0 Å². The van der Waals surface area contributed by atoms with E-state index in [0.717, 1.165) is 26.6 Å². The first-order chi connectivity index (χ1) is 17.5. The van der Waals surface area contributed by atoms with Gasteiger partial charge < -0.3 is 10.3 Å². The molecule has 36 heavy (non-hydrogen) atoms. The van der Waals surface area contributed by atoms with Crippen molar-refractivity contribution in [1.82, 2.24) is 4.98 Å². The van der Waals surface area contributed by atoms with Crippen molar-refractivity contribution in [2.45, 2.75) is 16.6 Å². The fraction of sp³-hybridized carbons (Fsp3) is 0.0690. The van der Waals surface area contributed by atoms with Crippen molar-refractivity contribution in [3.8, 4) is 0 Å². The number of nitrogens with one attached hydrogen (secondary N) is 2. The third kappa shape index (κ3) is 4.14. The Morgan fingerprint density at radius 2 is 1.69 bits per heavy atom. The molecule has 3 amide bonds. The fourth-order valence-corrected chi connectivity index (χ4v) is 5.60. The second-order valence-electron chi connectivity index (χ2n) is 8.67. The maximum atomic E-state index is 13.2. The van der Waals surface area contributed by atoms with Crippen LogP contribution in [0.5, 0.6) is 0 Å². The smallest absolute Gasteiger partial charge is 0.255 e. The molecule has 1 atom stereocenters. The van der Waals surface area contributed by atoms with Gasteiger partial charge in [-0.25, -0.2) is 4.90 Å². The van der Waals surface area contributed by atoms with Crippen molar-refractivity contribution in [3.05, 3.63) is 103 Å². The number of fused-ring (bicyclic) bond motifs is 2. The predicted octanol–water partition coefficient (Wildman–Crippen LogP) is 6.00. The first-order valence-electron chi connectivity index (χ1n) is 11.6. The average molecular weight is 492 g/mol. The second-order valence-corrected chi connectivity index (χ2v) is 9.95. The minimum Gasteiger partial charge on any atom is -0.361 e. The number of aromatic nitrogens is 1. The maximum Gasteiger partial charge on any atom is 0.255 e. The van der Waals surface area contributed by atoms with Gasteiger partial charge in [0, 0.05) is 34.3 Å². The molecular formula is C29H21N3O3S. The summed E-state index contributed by atoms with van der Waals surface area (Å²) in [6.45, 7) is 0. The Morgan fingerprint density at radius 1 is 0.861 bits per heavy atom. The Morgan fingerprint density at radius 3 is 2.58 bits per heavy atom. The van der Waals surface area contributed by atoms with Gasteiger partial charge in [0.15, 0.2) is 0 Å². The normalized spacial score (nSPS) is 15.7. The summed E-state index contributed by atoms with van der Waals surface area (Å²) in [7, 11) is 0. The van der Waals surface area contributed by atoms with Crippen molar-refractivity contribution in [2.24, 2.45) is 0 Å². The molecule has 1 aliphatic heterocycles. The van der Waals surface area contributed by atoms with Crippen LogP contribution >= 0.6 is 11.8 Å². The lowest BCUT2D eigenvalue weighted by Crippen LogP contribution is -2.31. The third-order valence-electron chi connectivity index (χ3n) is 6.28. The van der Waals surface area contributed by atoms with Crippen LogP contribution in [0.25, 0.3) is 21.7 Å². The van der Waals surface area contributed by atoms with Crippen LogP contribution in [0.3, 0.4) is 0 Å².